The molecule has 0 bridgehead atoms. The van der Waals surface area contributed by atoms with Crippen molar-refractivity contribution in [3.63, 3.8) is 0 Å². The summed E-state index contributed by atoms with van der Waals surface area (Å²) in [4.78, 5) is 14.9. The maximum Gasteiger partial charge on any atom is 0.242 e. The molecule has 3 aromatic carbocycles. The van der Waals surface area contributed by atoms with E-state index < -0.39 is 0 Å². The van der Waals surface area contributed by atoms with Crippen molar-refractivity contribution < 1.29 is 4.79 Å². The SMILES string of the molecule is Cn1c(Cc2ccccc2)nnc1SCC(=O)N(c1ccccc1)c1ccccc1. The summed E-state index contributed by atoms with van der Waals surface area (Å²) in [6, 6.07) is 29.6. The van der Waals surface area contributed by atoms with Crippen LogP contribution in [0.25, 0.3) is 0 Å². The molecule has 0 radical (unpaired) electrons. The Bertz CT molecular complexity index is 1060. The standard InChI is InChI=1S/C24H22N4OS/c1-27-22(17-19-11-5-2-6-12-19)25-26-24(27)30-18-23(29)28(20-13-7-3-8-14-20)21-15-9-4-10-16-21/h2-16H,17-18H2,1H3. The average Bonchev–Trinajstić information content (AvgIpc) is 3.14. The lowest BCUT2D eigenvalue weighted by Crippen LogP contribution is -2.27. The number of amides is 1. The van der Waals surface area contributed by atoms with Crippen molar-refractivity contribution in [3.8, 4) is 0 Å². The number of hydrogen-bond donors (Lipinski definition) is 0. The first kappa shape index (κ1) is 19.9. The van der Waals surface area contributed by atoms with Crippen LogP contribution in [0.3, 0.4) is 0 Å². The van der Waals surface area contributed by atoms with Gasteiger partial charge >= 0.3 is 0 Å². The van der Waals surface area contributed by atoms with E-state index in [0.29, 0.717) is 6.42 Å². The molecule has 0 aliphatic heterocycles. The highest BCUT2D eigenvalue weighted by Crippen LogP contribution is 2.27. The van der Waals surface area contributed by atoms with Gasteiger partial charge in [0.05, 0.1) is 5.75 Å². The first-order valence-corrected chi connectivity index (χ1v) is 10.7. The number of carbonyl (C=O) groups is 1. The largest absolute Gasteiger partial charge is 0.309 e. The second kappa shape index (κ2) is 9.41. The molecule has 0 unspecified atom stereocenters. The molecule has 1 amide bonds. The van der Waals surface area contributed by atoms with Crippen LogP contribution in [0.5, 0.6) is 0 Å². The molecule has 0 spiro atoms. The summed E-state index contributed by atoms with van der Waals surface area (Å²) in [5.41, 5.74) is 2.87. The van der Waals surface area contributed by atoms with Crippen molar-refractivity contribution in [1.29, 1.82) is 0 Å². The lowest BCUT2D eigenvalue weighted by molar-refractivity contribution is -0.115. The third kappa shape index (κ3) is 4.60. The predicted molar refractivity (Wildman–Crippen MR) is 121 cm³/mol. The van der Waals surface area contributed by atoms with E-state index in [2.05, 4.69) is 22.3 Å². The molecule has 1 heterocycles. The lowest BCUT2D eigenvalue weighted by atomic mass is 10.1. The molecule has 6 heteroatoms. The molecule has 30 heavy (non-hydrogen) atoms. The Morgan fingerprint density at radius 3 is 1.93 bits per heavy atom. The molecule has 0 aliphatic carbocycles. The Hall–Kier alpha value is -3.38. The van der Waals surface area contributed by atoms with E-state index in [0.717, 1.165) is 22.4 Å². The number of benzene rings is 3. The van der Waals surface area contributed by atoms with Crippen LogP contribution < -0.4 is 4.90 Å². The van der Waals surface area contributed by atoms with Gasteiger partial charge in [-0.2, -0.15) is 0 Å². The summed E-state index contributed by atoms with van der Waals surface area (Å²) in [7, 11) is 1.94. The van der Waals surface area contributed by atoms with Gasteiger partial charge in [-0.25, -0.2) is 0 Å². The topological polar surface area (TPSA) is 51.0 Å². The van der Waals surface area contributed by atoms with Gasteiger partial charge in [-0.3, -0.25) is 9.69 Å². The van der Waals surface area contributed by atoms with Gasteiger partial charge in [-0.15, -0.1) is 10.2 Å². The minimum absolute atomic E-state index is 0.00925. The van der Waals surface area contributed by atoms with E-state index in [1.165, 1.54) is 17.3 Å². The Labute approximate surface area is 180 Å². The summed E-state index contributed by atoms with van der Waals surface area (Å²) in [6.07, 6.45) is 0.707. The Morgan fingerprint density at radius 1 is 0.833 bits per heavy atom. The van der Waals surface area contributed by atoms with E-state index in [4.69, 9.17) is 0 Å². The van der Waals surface area contributed by atoms with Crippen LogP contribution in [0.1, 0.15) is 11.4 Å². The third-order valence-corrected chi connectivity index (χ3v) is 5.74. The lowest BCUT2D eigenvalue weighted by Gasteiger charge is -2.22. The summed E-state index contributed by atoms with van der Waals surface area (Å²) >= 11 is 1.40. The molecule has 0 saturated carbocycles. The maximum atomic E-state index is 13.2. The maximum absolute atomic E-state index is 13.2. The monoisotopic (exact) mass is 414 g/mol. The molecule has 150 valence electrons. The Kier molecular flexibility index (Phi) is 6.25. The van der Waals surface area contributed by atoms with Crippen LogP contribution in [-0.2, 0) is 18.3 Å². The average molecular weight is 415 g/mol. The third-order valence-electron chi connectivity index (χ3n) is 4.73. The number of hydrogen-bond acceptors (Lipinski definition) is 4. The van der Waals surface area contributed by atoms with E-state index in [1.54, 1.807) is 4.90 Å². The van der Waals surface area contributed by atoms with Crippen molar-refractivity contribution >= 4 is 29.0 Å². The summed E-state index contributed by atoms with van der Waals surface area (Å²) in [6.45, 7) is 0. The van der Waals surface area contributed by atoms with Gasteiger partial charge < -0.3 is 4.57 Å². The van der Waals surface area contributed by atoms with E-state index in [-0.39, 0.29) is 11.7 Å². The van der Waals surface area contributed by atoms with Crippen LogP contribution in [0.15, 0.2) is 96.2 Å². The zero-order chi connectivity index (χ0) is 20.8. The van der Waals surface area contributed by atoms with Crippen molar-refractivity contribution in [2.24, 2.45) is 7.05 Å². The molecule has 5 nitrogen and oxygen atoms in total. The van der Waals surface area contributed by atoms with Crippen molar-refractivity contribution in [3.05, 3.63) is 102 Å². The Morgan fingerprint density at radius 2 is 1.37 bits per heavy atom. The molecule has 0 N–H and O–H groups in total. The predicted octanol–water partition coefficient (Wildman–Crippen LogP) is 4.86. The van der Waals surface area contributed by atoms with Gasteiger partial charge in [0.1, 0.15) is 5.82 Å². The molecule has 0 atom stereocenters. The van der Waals surface area contributed by atoms with Gasteiger partial charge in [0.2, 0.25) is 5.91 Å². The van der Waals surface area contributed by atoms with E-state index >= 15 is 0 Å². The molecular weight excluding hydrogens is 392 g/mol. The highest BCUT2D eigenvalue weighted by atomic mass is 32.2. The van der Waals surface area contributed by atoms with Gasteiger partial charge in [0.15, 0.2) is 5.16 Å². The number of aromatic nitrogens is 3. The number of nitrogens with zero attached hydrogens (tertiary/aromatic N) is 4. The van der Waals surface area contributed by atoms with Gasteiger partial charge in [-0.05, 0) is 29.8 Å². The highest BCUT2D eigenvalue weighted by Gasteiger charge is 2.19. The van der Waals surface area contributed by atoms with Crippen molar-refractivity contribution in [2.45, 2.75) is 11.6 Å². The van der Waals surface area contributed by atoms with Crippen LogP contribution in [0.2, 0.25) is 0 Å². The fraction of sp³-hybridized carbons (Fsp3) is 0.125. The number of para-hydroxylation sites is 2. The van der Waals surface area contributed by atoms with E-state index in [1.807, 2.05) is 90.5 Å². The van der Waals surface area contributed by atoms with Crippen molar-refractivity contribution in [1.82, 2.24) is 14.8 Å². The molecule has 4 aromatic rings. The molecule has 0 aliphatic rings. The summed E-state index contributed by atoms with van der Waals surface area (Å²) < 4.78 is 1.96. The zero-order valence-corrected chi connectivity index (χ0v) is 17.5. The first-order chi connectivity index (χ1) is 14.7. The number of carbonyl (C=O) groups excluding carboxylic acids is 1. The van der Waals surface area contributed by atoms with Crippen LogP contribution >= 0.6 is 11.8 Å². The zero-order valence-electron chi connectivity index (χ0n) is 16.7. The van der Waals surface area contributed by atoms with Gasteiger partial charge in [-0.1, -0.05) is 78.5 Å². The van der Waals surface area contributed by atoms with Crippen LogP contribution in [0.4, 0.5) is 11.4 Å². The number of thioether (sulfide) groups is 1. The summed E-state index contributed by atoms with van der Waals surface area (Å²) in [5, 5.41) is 9.34. The quantitative estimate of drug-likeness (QED) is 0.405. The molecule has 4 rings (SSSR count). The highest BCUT2D eigenvalue weighted by molar-refractivity contribution is 7.99. The van der Waals surface area contributed by atoms with Crippen molar-refractivity contribution in [2.75, 3.05) is 10.7 Å². The Balaban J connectivity index is 1.49. The fourth-order valence-corrected chi connectivity index (χ4v) is 3.96. The summed E-state index contributed by atoms with van der Waals surface area (Å²) in [5.74, 6) is 1.13. The van der Waals surface area contributed by atoms with E-state index in [9.17, 15) is 4.79 Å². The smallest absolute Gasteiger partial charge is 0.242 e. The fourth-order valence-electron chi connectivity index (χ4n) is 3.19. The minimum Gasteiger partial charge on any atom is -0.309 e. The normalized spacial score (nSPS) is 10.7. The van der Waals surface area contributed by atoms with Crippen LogP contribution in [0, 0.1) is 0 Å². The second-order valence-electron chi connectivity index (χ2n) is 6.81. The second-order valence-corrected chi connectivity index (χ2v) is 7.75. The number of rotatable bonds is 7. The van der Waals surface area contributed by atoms with Crippen LogP contribution in [-0.4, -0.2) is 26.4 Å². The molecular formula is C24H22N4OS. The number of anilines is 2. The van der Waals surface area contributed by atoms with Gasteiger partial charge in [0, 0.05) is 24.8 Å². The molecule has 0 saturated heterocycles. The minimum atomic E-state index is -0.00925. The van der Waals surface area contributed by atoms with Gasteiger partial charge in [0.25, 0.3) is 0 Å². The molecule has 0 fully saturated rings. The molecule has 1 aromatic heterocycles. The first-order valence-electron chi connectivity index (χ1n) is 9.70.